The van der Waals surface area contributed by atoms with Crippen LogP contribution in [0, 0.1) is 11.3 Å². The van der Waals surface area contributed by atoms with E-state index in [2.05, 4.69) is 16.2 Å². The minimum Gasteiger partial charge on any atom is -0.337 e. The maximum absolute atomic E-state index is 9.55. The van der Waals surface area contributed by atoms with Gasteiger partial charge in [0.25, 0.3) is 0 Å². The maximum atomic E-state index is 9.55. The average molecular weight is 319 g/mol. The third-order valence-corrected chi connectivity index (χ3v) is 4.20. The summed E-state index contributed by atoms with van der Waals surface area (Å²) in [4.78, 5) is 4.47. The fraction of sp³-hybridized carbons (Fsp3) is 0.438. The van der Waals surface area contributed by atoms with Crippen molar-refractivity contribution in [1.29, 1.82) is 5.26 Å². The molecule has 1 aromatic carbocycles. The van der Waals surface area contributed by atoms with Crippen molar-refractivity contribution in [3.63, 3.8) is 0 Å². The molecule has 1 fully saturated rings. The second kappa shape index (κ2) is 6.91. The normalized spacial score (nSPS) is 16.5. The van der Waals surface area contributed by atoms with Crippen LogP contribution in [0.25, 0.3) is 11.4 Å². The third kappa shape index (κ3) is 2.99. The van der Waals surface area contributed by atoms with Gasteiger partial charge in [0.1, 0.15) is 5.41 Å². The lowest BCUT2D eigenvalue weighted by atomic mass is 9.75. The minimum atomic E-state index is -0.597. The number of nitriles is 1. The van der Waals surface area contributed by atoms with Gasteiger partial charge in [0.2, 0.25) is 11.7 Å². The van der Waals surface area contributed by atoms with Crippen LogP contribution in [0.3, 0.4) is 0 Å². The van der Waals surface area contributed by atoms with E-state index in [9.17, 15) is 5.26 Å². The first-order chi connectivity index (χ1) is 10.3. The first-order valence-corrected chi connectivity index (χ1v) is 7.32. The molecule has 116 valence electrons. The Morgan fingerprint density at radius 1 is 1.18 bits per heavy atom. The van der Waals surface area contributed by atoms with Gasteiger partial charge in [0, 0.05) is 12.1 Å². The Morgan fingerprint density at radius 2 is 1.86 bits per heavy atom. The summed E-state index contributed by atoms with van der Waals surface area (Å²) in [6.07, 6.45) is 4.85. The summed E-state index contributed by atoms with van der Waals surface area (Å²) < 4.78 is 5.40. The highest BCUT2D eigenvalue weighted by Crippen LogP contribution is 2.38. The number of nitrogens with zero attached hydrogens (tertiary/aromatic N) is 3. The molecule has 1 heterocycles. The number of aromatic nitrogens is 2. The first kappa shape index (κ1) is 16.5. The van der Waals surface area contributed by atoms with Crippen molar-refractivity contribution in [2.45, 2.75) is 44.1 Å². The molecule has 0 unspecified atom stereocenters. The summed E-state index contributed by atoms with van der Waals surface area (Å²) in [6.45, 7) is 0.509. The molecule has 0 bridgehead atoms. The van der Waals surface area contributed by atoms with Gasteiger partial charge in [0.05, 0.1) is 6.07 Å². The molecule has 2 aromatic rings. The van der Waals surface area contributed by atoms with E-state index in [0.717, 1.165) is 36.8 Å². The Kier molecular flexibility index (Phi) is 5.17. The highest BCUT2D eigenvalue weighted by molar-refractivity contribution is 5.85. The van der Waals surface area contributed by atoms with Crippen molar-refractivity contribution in [3.05, 3.63) is 35.7 Å². The van der Waals surface area contributed by atoms with Crippen LogP contribution in [0.4, 0.5) is 0 Å². The standard InChI is InChI=1S/C16H18N4O.ClH/c17-10-12-4-6-13(7-5-12)14-19-15(21-20-14)16(11-18)8-2-1-3-9-16;/h4-7H,1-3,8-10,17H2;1H. The Morgan fingerprint density at radius 3 is 2.45 bits per heavy atom. The predicted octanol–water partition coefficient (Wildman–Crippen LogP) is 3.34. The fourth-order valence-corrected chi connectivity index (χ4v) is 2.85. The number of halogens is 1. The van der Waals surface area contributed by atoms with E-state index >= 15 is 0 Å². The van der Waals surface area contributed by atoms with Crippen LogP contribution in [0.2, 0.25) is 0 Å². The van der Waals surface area contributed by atoms with Crippen molar-refractivity contribution in [2.24, 2.45) is 5.73 Å². The van der Waals surface area contributed by atoms with E-state index < -0.39 is 5.41 Å². The Balaban J connectivity index is 0.00000176. The molecule has 0 amide bonds. The van der Waals surface area contributed by atoms with Gasteiger partial charge in [-0.2, -0.15) is 10.2 Å². The molecule has 22 heavy (non-hydrogen) atoms. The second-order valence-electron chi connectivity index (χ2n) is 5.58. The summed E-state index contributed by atoms with van der Waals surface area (Å²) in [5.74, 6) is 0.997. The van der Waals surface area contributed by atoms with E-state index in [-0.39, 0.29) is 12.4 Å². The van der Waals surface area contributed by atoms with E-state index in [1.807, 2.05) is 24.3 Å². The molecule has 0 atom stereocenters. The molecule has 1 aliphatic carbocycles. The number of nitrogens with two attached hydrogens (primary N) is 1. The summed E-state index contributed by atoms with van der Waals surface area (Å²) in [5, 5.41) is 13.6. The zero-order valence-corrected chi connectivity index (χ0v) is 13.1. The molecule has 3 rings (SSSR count). The van der Waals surface area contributed by atoms with Gasteiger partial charge in [0.15, 0.2) is 0 Å². The van der Waals surface area contributed by atoms with Crippen molar-refractivity contribution >= 4 is 12.4 Å². The van der Waals surface area contributed by atoms with Crippen molar-refractivity contribution in [1.82, 2.24) is 10.1 Å². The van der Waals surface area contributed by atoms with E-state index in [4.69, 9.17) is 10.3 Å². The van der Waals surface area contributed by atoms with Crippen LogP contribution in [0.1, 0.15) is 43.6 Å². The lowest BCUT2D eigenvalue weighted by molar-refractivity contribution is 0.264. The molecular formula is C16H19ClN4O. The topological polar surface area (TPSA) is 88.7 Å². The molecule has 0 radical (unpaired) electrons. The molecule has 5 nitrogen and oxygen atoms in total. The molecule has 1 aromatic heterocycles. The molecule has 0 saturated heterocycles. The molecule has 1 saturated carbocycles. The van der Waals surface area contributed by atoms with Crippen LogP contribution >= 0.6 is 12.4 Å². The van der Waals surface area contributed by atoms with E-state index in [0.29, 0.717) is 18.3 Å². The maximum Gasteiger partial charge on any atom is 0.247 e. The summed E-state index contributed by atoms with van der Waals surface area (Å²) in [5.41, 5.74) is 6.93. The zero-order valence-electron chi connectivity index (χ0n) is 12.3. The second-order valence-corrected chi connectivity index (χ2v) is 5.58. The van der Waals surface area contributed by atoms with Gasteiger partial charge < -0.3 is 10.3 Å². The first-order valence-electron chi connectivity index (χ1n) is 7.32. The van der Waals surface area contributed by atoms with Crippen molar-refractivity contribution in [2.75, 3.05) is 0 Å². The van der Waals surface area contributed by atoms with Gasteiger partial charge in [-0.1, -0.05) is 48.7 Å². The molecular weight excluding hydrogens is 300 g/mol. The van der Waals surface area contributed by atoms with Gasteiger partial charge in [-0.15, -0.1) is 12.4 Å². The van der Waals surface area contributed by atoms with Gasteiger partial charge >= 0.3 is 0 Å². The zero-order chi connectivity index (χ0) is 14.7. The number of hydrogen-bond acceptors (Lipinski definition) is 5. The monoisotopic (exact) mass is 318 g/mol. The van der Waals surface area contributed by atoms with Crippen LogP contribution in [-0.4, -0.2) is 10.1 Å². The fourth-order valence-electron chi connectivity index (χ4n) is 2.85. The van der Waals surface area contributed by atoms with Gasteiger partial charge in [-0.05, 0) is 18.4 Å². The van der Waals surface area contributed by atoms with Crippen LogP contribution in [-0.2, 0) is 12.0 Å². The van der Waals surface area contributed by atoms with Crippen molar-refractivity contribution < 1.29 is 4.52 Å². The highest BCUT2D eigenvalue weighted by Gasteiger charge is 2.39. The van der Waals surface area contributed by atoms with E-state index in [1.54, 1.807) is 0 Å². The predicted molar refractivity (Wildman–Crippen MR) is 85.2 cm³/mol. The lowest BCUT2D eigenvalue weighted by Crippen LogP contribution is -2.27. The highest BCUT2D eigenvalue weighted by atomic mass is 35.5. The summed E-state index contributed by atoms with van der Waals surface area (Å²) >= 11 is 0. The Hall–Kier alpha value is -1.90. The Bertz CT molecular complexity index is 654. The quantitative estimate of drug-likeness (QED) is 0.937. The number of benzene rings is 1. The summed E-state index contributed by atoms with van der Waals surface area (Å²) in [6, 6.07) is 10.2. The average Bonchev–Trinajstić information content (AvgIpc) is 3.06. The van der Waals surface area contributed by atoms with Crippen LogP contribution in [0.5, 0.6) is 0 Å². The van der Waals surface area contributed by atoms with Crippen molar-refractivity contribution in [3.8, 4) is 17.5 Å². The van der Waals surface area contributed by atoms with Gasteiger partial charge in [-0.3, -0.25) is 0 Å². The number of rotatable bonds is 3. The third-order valence-electron chi connectivity index (χ3n) is 4.20. The van der Waals surface area contributed by atoms with Gasteiger partial charge in [-0.25, -0.2) is 0 Å². The molecule has 6 heteroatoms. The molecule has 0 spiro atoms. The number of hydrogen-bond donors (Lipinski definition) is 1. The largest absolute Gasteiger partial charge is 0.337 e. The van der Waals surface area contributed by atoms with Crippen LogP contribution in [0.15, 0.2) is 28.8 Å². The molecule has 2 N–H and O–H groups in total. The lowest BCUT2D eigenvalue weighted by Gasteiger charge is -2.26. The summed E-state index contributed by atoms with van der Waals surface area (Å²) in [7, 11) is 0. The smallest absolute Gasteiger partial charge is 0.247 e. The van der Waals surface area contributed by atoms with E-state index in [1.165, 1.54) is 6.42 Å². The minimum absolute atomic E-state index is 0. The van der Waals surface area contributed by atoms with Crippen LogP contribution < -0.4 is 5.73 Å². The Labute approximate surface area is 135 Å². The SMILES string of the molecule is Cl.N#CC1(c2nc(-c3ccc(CN)cc3)no2)CCCCC1. The molecule has 0 aliphatic heterocycles. The molecule has 1 aliphatic rings.